The van der Waals surface area contributed by atoms with Gasteiger partial charge in [0, 0.05) is 6.07 Å². The summed E-state index contributed by atoms with van der Waals surface area (Å²) in [4.78, 5) is 0. The lowest BCUT2D eigenvalue weighted by molar-refractivity contribution is -0.612. The van der Waals surface area contributed by atoms with Crippen molar-refractivity contribution in [3.63, 3.8) is 0 Å². The normalized spacial score (nSPS) is 11.2. The van der Waals surface area contributed by atoms with Crippen LogP contribution in [-0.2, 0) is 0 Å². The van der Waals surface area contributed by atoms with Gasteiger partial charge in [0.1, 0.15) is 6.61 Å². The fraction of sp³-hybridized carbons (Fsp3) is 0.400. The van der Waals surface area contributed by atoms with Crippen molar-refractivity contribution in [2.45, 2.75) is 33.6 Å². The number of ether oxygens (including phenoxy) is 1. The molecule has 0 fully saturated rings. The van der Waals surface area contributed by atoms with E-state index < -0.39 is 0 Å². The average molecular weight is 247 g/mol. The van der Waals surface area contributed by atoms with Crippen LogP contribution in [0, 0.1) is 5.21 Å². The summed E-state index contributed by atoms with van der Waals surface area (Å²) in [5.74, 6) is 0.339. The van der Waals surface area contributed by atoms with Gasteiger partial charge in [-0.15, -0.1) is 4.73 Å². The number of allylic oxidation sites excluding steroid dienone is 3. The Labute approximate surface area is 109 Å². The van der Waals surface area contributed by atoms with Crippen LogP contribution < -0.4 is 9.47 Å². The van der Waals surface area contributed by atoms with Crippen LogP contribution in [0.4, 0.5) is 0 Å². The third-order valence-electron chi connectivity index (χ3n) is 2.54. The number of rotatable bonds is 6. The highest BCUT2D eigenvalue weighted by molar-refractivity contribution is 5.06. The lowest BCUT2D eigenvalue weighted by Gasteiger charge is -2.04. The smallest absolute Gasteiger partial charge is 0.379 e. The Morgan fingerprint density at radius 2 is 2.06 bits per heavy atom. The molecule has 0 radical (unpaired) electrons. The highest BCUT2D eigenvalue weighted by Gasteiger charge is 2.01. The fourth-order valence-corrected chi connectivity index (χ4v) is 1.48. The number of hydrogen-bond acceptors (Lipinski definition) is 2. The molecule has 0 N–H and O–H groups in total. The zero-order chi connectivity index (χ0) is 13.4. The summed E-state index contributed by atoms with van der Waals surface area (Å²) in [6, 6.07) is 5.13. The van der Waals surface area contributed by atoms with Gasteiger partial charge in [-0.25, -0.2) is 0 Å². The first-order chi connectivity index (χ1) is 8.59. The minimum absolute atomic E-state index is 0.339. The highest BCUT2D eigenvalue weighted by Crippen LogP contribution is 2.07. The van der Waals surface area contributed by atoms with Gasteiger partial charge in [-0.2, -0.15) is 0 Å². The SMILES string of the molecule is CC(C)=CCC/C(C)=C/COc1cccc[n+]1[O-]. The summed E-state index contributed by atoms with van der Waals surface area (Å²) in [6.45, 7) is 6.72. The van der Waals surface area contributed by atoms with Crippen molar-refractivity contribution >= 4 is 0 Å². The van der Waals surface area contributed by atoms with Gasteiger partial charge in [-0.3, -0.25) is 0 Å². The Hall–Kier alpha value is -1.77. The first-order valence-corrected chi connectivity index (χ1v) is 6.19. The summed E-state index contributed by atoms with van der Waals surface area (Å²) < 4.78 is 6.12. The van der Waals surface area contributed by atoms with Gasteiger partial charge in [0.05, 0.1) is 6.07 Å². The van der Waals surface area contributed by atoms with Crippen molar-refractivity contribution in [3.05, 3.63) is 52.9 Å². The van der Waals surface area contributed by atoms with E-state index in [9.17, 15) is 5.21 Å². The van der Waals surface area contributed by atoms with E-state index in [2.05, 4.69) is 26.8 Å². The Balaban J connectivity index is 2.36. The molecule has 0 aliphatic carbocycles. The number of nitrogens with zero attached hydrogens (tertiary/aromatic N) is 1. The van der Waals surface area contributed by atoms with Crippen molar-refractivity contribution in [2.24, 2.45) is 0 Å². The Bertz CT molecular complexity index is 432. The van der Waals surface area contributed by atoms with Gasteiger partial charge < -0.3 is 9.94 Å². The number of aromatic nitrogens is 1. The van der Waals surface area contributed by atoms with Crippen molar-refractivity contribution in [1.82, 2.24) is 0 Å². The van der Waals surface area contributed by atoms with E-state index in [0.717, 1.165) is 17.6 Å². The molecule has 3 heteroatoms. The predicted molar refractivity (Wildman–Crippen MR) is 73.3 cm³/mol. The first kappa shape index (κ1) is 14.3. The van der Waals surface area contributed by atoms with Crippen LogP contribution in [0.2, 0.25) is 0 Å². The second kappa shape index (κ2) is 7.54. The van der Waals surface area contributed by atoms with Crippen molar-refractivity contribution in [3.8, 4) is 5.88 Å². The molecular formula is C15H21NO2. The maximum atomic E-state index is 11.3. The third kappa shape index (κ3) is 5.53. The number of pyridine rings is 1. The van der Waals surface area contributed by atoms with E-state index in [1.165, 1.54) is 17.3 Å². The monoisotopic (exact) mass is 247 g/mol. The minimum Gasteiger partial charge on any atom is -0.616 e. The standard InChI is InChI=1S/C15H21NO2/c1-13(2)7-6-8-14(3)10-12-18-15-9-4-5-11-16(15)17/h4-5,7,9-11H,6,8,12H2,1-3H3/b14-10+. The molecule has 3 nitrogen and oxygen atoms in total. The molecule has 0 atom stereocenters. The Kier molecular flexibility index (Phi) is 5.98. The summed E-state index contributed by atoms with van der Waals surface area (Å²) in [7, 11) is 0. The summed E-state index contributed by atoms with van der Waals surface area (Å²) in [5, 5.41) is 11.3. The molecule has 1 aromatic rings. The van der Waals surface area contributed by atoms with Crippen LogP contribution >= 0.6 is 0 Å². The molecule has 18 heavy (non-hydrogen) atoms. The molecule has 0 unspecified atom stereocenters. The van der Waals surface area contributed by atoms with E-state index in [1.54, 1.807) is 18.2 Å². The van der Waals surface area contributed by atoms with Crippen LogP contribution in [0.5, 0.6) is 5.88 Å². The minimum atomic E-state index is 0.339. The van der Waals surface area contributed by atoms with Crippen LogP contribution in [0.15, 0.2) is 47.7 Å². The molecule has 1 aromatic heterocycles. The van der Waals surface area contributed by atoms with Gasteiger partial charge in [0.25, 0.3) is 0 Å². The molecular weight excluding hydrogens is 226 g/mol. The maximum absolute atomic E-state index is 11.3. The first-order valence-electron chi connectivity index (χ1n) is 6.19. The quantitative estimate of drug-likeness (QED) is 0.439. The van der Waals surface area contributed by atoms with Gasteiger partial charge in [-0.1, -0.05) is 17.2 Å². The topological polar surface area (TPSA) is 36.2 Å². The summed E-state index contributed by atoms with van der Waals surface area (Å²) >= 11 is 0. The average Bonchev–Trinajstić information content (AvgIpc) is 2.31. The molecule has 0 amide bonds. The predicted octanol–water partition coefficient (Wildman–Crippen LogP) is 3.39. The van der Waals surface area contributed by atoms with Crippen molar-refractivity contribution in [2.75, 3.05) is 6.61 Å². The van der Waals surface area contributed by atoms with Crippen molar-refractivity contribution < 1.29 is 9.47 Å². The van der Waals surface area contributed by atoms with Crippen molar-refractivity contribution in [1.29, 1.82) is 0 Å². The van der Waals surface area contributed by atoms with Crippen LogP contribution in [0.3, 0.4) is 0 Å². The Morgan fingerprint density at radius 1 is 1.28 bits per heavy atom. The molecule has 1 rings (SSSR count). The second-order valence-corrected chi connectivity index (χ2v) is 4.55. The van der Waals surface area contributed by atoms with Gasteiger partial charge in [0.15, 0.2) is 6.20 Å². The molecule has 0 saturated heterocycles. The molecule has 0 aliphatic heterocycles. The molecule has 0 bridgehead atoms. The third-order valence-corrected chi connectivity index (χ3v) is 2.54. The summed E-state index contributed by atoms with van der Waals surface area (Å²) in [6.07, 6.45) is 7.76. The summed E-state index contributed by atoms with van der Waals surface area (Å²) in [5.41, 5.74) is 2.62. The molecule has 0 saturated carbocycles. The lowest BCUT2D eigenvalue weighted by Crippen LogP contribution is -2.27. The van der Waals surface area contributed by atoms with E-state index in [0.29, 0.717) is 12.5 Å². The van der Waals surface area contributed by atoms with E-state index >= 15 is 0 Å². The van der Waals surface area contributed by atoms with E-state index in [4.69, 9.17) is 4.74 Å². The Morgan fingerprint density at radius 3 is 2.72 bits per heavy atom. The molecule has 0 spiro atoms. The maximum Gasteiger partial charge on any atom is 0.379 e. The molecule has 0 aliphatic rings. The van der Waals surface area contributed by atoms with Crippen LogP contribution in [-0.4, -0.2) is 6.61 Å². The van der Waals surface area contributed by atoms with Gasteiger partial charge >= 0.3 is 5.88 Å². The van der Waals surface area contributed by atoms with Crippen LogP contribution in [0.25, 0.3) is 0 Å². The molecule has 98 valence electrons. The fourth-order valence-electron chi connectivity index (χ4n) is 1.48. The highest BCUT2D eigenvalue weighted by atomic mass is 16.5. The van der Waals surface area contributed by atoms with Crippen LogP contribution in [0.1, 0.15) is 33.6 Å². The van der Waals surface area contributed by atoms with Gasteiger partial charge in [0.2, 0.25) is 0 Å². The molecule has 1 heterocycles. The largest absolute Gasteiger partial charge is 0.616 e. The van der Waals surface area contributed by atoms with Gasteiger partial charge in [-0.05, 0) is 45.8 Å². The molecule has 0 aromatic carbocycles. The zero-order valence-electron chi connectivity index (χ0n) is 11.3. The lowest BCUT2D eigenvalue weighted by atomic mass is 10.1. The zero-order valence-corrected chi connectivity index (χ0v) is 11.3. The van der Waals surface area contributed by atoms with E-state index in [-0.39, 0.29) is 0 Å². The second-order valence-electron chi connectivity index (χ2n) is 4.55. The van der Waals surface area contributed by atoms with E-state index in [1.807, 2.05) is 6.08 Å². The number of hydrogen-bond donors (Lipinski definition) is 0.